The number of carbonyl (C=O) groups excluding carboxylic acids is 2. The van der Waals surface area contributed by atoms with Crippen LogP contribution in [-0.4, -0.2) is 59.7 Å². The maximum absolute atomic E-state index is 12.9. The predicted octanol–water partition coefficient (Wildman–Crippen LogP) is 4.06. The van der Waals surface area contributed by atoms with Gasteiger partial charge in [0, 0.05) is 43.1 Å². The summed E-state index contributed by atoms with van der Waals surface area (Å²) in [5, 5.41) is 10.2. The SMILES string of the molecule is CN1CCN(c2ccc(NC(=O)c3cccc(-n4cc(NC(=O)Cc5ccccc5)cn4)c3)cc2)CC1. The summed E-state index contributed by atoms with van der Waals surface area (Å²) in [5.74, 6) is -0.310. The largest absolute Gasteiger partial charge is 0.369 e. The van der Waals surface area contributed by atoms with Crippen molar-refractivity contribution in [3.63, 3.8) is 0 Å². The van der Waals surface area contributed by atoms with Crippen LogP contribution in [0.3, 0.4) is 0 Å². The Bertz CT molecular complexity index is 1360. The Morgan fingerprint density at radius 1 is 0.811 bits per heavy atom. The van der Waals surface area contributed by atoms with Gasteiger partial charge >= 0.3 is 0 Å². The molecule has 0 aliphatic carbocycles. The maximum Gasteiger partial charge on any atom is 0.255 e. The zero-order chi connectivity index (χ0) is 25.6. The van der Waals surface area contributed by atoms with E-state index in [9.17, 15) is 9.59 Å². The van der Waals surface area contributed by atoms with Gasteiger partial charge in [-0.05, 0) is 55.1 Å². The molecule has 1 fully saturated rings. The van der Waals surface area contributed by atoms with Crippen molar-refractivity contribution >= 4 is 28.9 Å². The average molecular weight is 495 g/mol. The third-order valence-corrected chi connectivity index (χ3v) is 6.44. The molecule has 0 spiro atoms. The monoisotopic (exact) mass is 494 g/mol. The van der Waals surface area contributed by atoms with Crippen molar-refractivity contribution in [1.29, 1.82) is 0 Å². The third kappa shape index (κ3) is 6.23. The van der Waals surface area contributed by atoms with Crippen LogP contribution >= 0.6 is 0 Å². The molecule has 188 valence electrons. The van der Waals surface area contributed by atoms with Gasteiger partial charge in [0.05, 0.1) is 30.2 Å². The standard InChI is InChI=1S/C29H30N6O2/c1-33-14-16-34(17-15-33)26-12-10-24(11-13-26)32-29(37)23-8-5-9-27(19-23)35-21-25(20-30-35)31-28(36)18-22-6-3-2-4-7-22/h2-13,19-21H,14-18H2,1H3,(H,31,36)(H,32,37). The lowest BCUT2D eigenvalue weighted by Crippen LogP contribution is -2.44. The fourth-order valence-electron chi connectivity index (χ4n) is 4.33. The first-order valence-corrected chi connectivity index (χ1v) is 12.4. The molecule has 1 saturated heterocycles. The number of nitrogens with zero attached hydrogens (tertiary/aromatic N) is 4. The molecular weight excluding hydrogens is 464 g/mol. The van der Waals surface area contributed by atoms with Gasteiger partial charge in [0.1, 0.15) is 0 Å². The molecule has 1 aliphatic heterocycles. The molecule has 5 rings (SSSR count). The molecule has 0 bridgehead atoms. The molecule has 0 saturated carbocycles. The number of hydrogen-bond donors (Lipinski definition) is 2. The quantitative estimate of drug-likeness (QED) is 0.405. The highest BCUT2D eigenvalue weighted by Gasteiger charge is 2.15. The highest BCUT2D eigenvalue weighted by Crippen LogP contribution is 2.20. The Labute approximate surface area is 216 Å². The lowest BCUT2D eigenvalue weighted by Gasteiger charge is -2.34. The number of hydrogen-bond acceptors (Lipinski definition) is 5. The van der Waals surface area contributed by atoms with Gasteiger partial charge in [-0.2, -0.15) is 5.10 Å². The summed E-state index contributed by atoms with van der Waals surface area (Å²) in [7, 11) is 2.14. The van der Waals surface area contributed by atoms with Gasteiger partial charge in [-0.1, -0.05) is 36.4 Å². The highest BCUT2D eigenvalue weighted by atomic mass is 16.2. The second-order valence-corrected chi connectivity index (χ2v) is 9.23. The number of benzene rings is 3. The van der Waals surface area contributed by atoms with Crippen LogP contribution in [0.2, 0.25) is 0 Å². The Hall–Kier alpha value is -4.43. The van der Waals surface area contributed by atoms with E-state index in [0.717, 1.165) is 43.1 Å². The Kier molecular flexibility index (Phi) is 7.28. The number of anilines is 3. The zero-order valence-electron chi connectivity index (χ0n) is 20.8. The summed E-state index contributed by atoms with van der Waals surface area (Å²) in [6, 6.07) is 24.8. The molecule has 2 heterocycles. The summed E-state index contributed by atoms with van der Waals surface area (Å²) in [4.78, 5) is 30.0. The van der Waals surface area contributed by atoms with Gasteiger partial charge in [-0.15, -0.1) is 0 Å². The van der Waals surface area contributed by atoms with Gasteiger partial charge in [-0.25, -0.2) is 4.68 Å². The van der Waals surface area contributed by atoms with E-state index in [1.807, 2.05) is 54.6 Å². The molecule has 0 atom stereocenters. The Morgan fingerprint density at radius 2 is 1.57 bits per heavy atom. The smallest absolute Gasteiger partial charge is 0.255 e. The van der Waals surface area contributed by atoms with Gasteiger partial charge in [0.15, 0.2) is 0 Å². The number of nitrogens with one attached hydrogen (secondary N) is 2. The van der Waals surface area contributed by atoms with Gasteiger partial charge in [-0.3, -0.25) is 9.59 Å². The number of aromatic nitrogens is 2. The second kappa shape index (κ2) is 11.1. The van der Waals surface area contributed by atoms with E-state index >= 15 is 0 Å². The van der Waals surface area contributed by atoms with Gasteiger partial charge < -0.3 is 20.4 Å². The van der Waals surface area contributed by atoms with Crippen LogP contribution in [0.4, 0.5) is 17.1 Å². The van der Waals surface area contributed by atoms with E-state index in [0.29, 0.717) is 11.3 Å². The summed E-state index contributed by atoms with van der Waals surface area (Å²) < 4.78 is 1.64. The van der Waals surface area contributed by atoms with Crippen LogP contribution in [0.15, 0.2) is 91.3 Å². The predicted molar refractivity (Wildman–Crippen MR) is 146 cm³/mol. The molecule has 0 radical (unpaired) electrons. The average Bonchev–Trinajstić information content (AvgIpc) is 3.38. The normalized spacial score (nSPS) is 13.8. The highest BCUT2D eigenvalue weighted by molar-refractivity contribution is 6.04. The van der Waals surface area contributed by atoms with Crippen molar-refractivity contribution in [2.24, 2.45) is 0 Å². The van der Waals surface area contributed by atoms with Crippen molar-refractivity contribution < 1.29 is 9.59 Å². The van der Waals surface area contributed by atoms with E-state index in [-0.39, 0.29) is 18.2 Å². The molecule has 8 heteroatoms. The number of piperazine rings is 1. The fraction of sp³-hybridized carbons (Fsp3) is 0.207. The molecular formula is C29H30N6O2. The first-order chi connectivity index (χ1) is 18.0. The maximum atomic E-state index is 12.9. The minimum atomic E-state index is -0.197. The van der Waals surface area contributed by atoms with Crippen molar-refractivity contribution in [2.45, 2.75) is 6.42 Å². The Morgan fingerprint density at radius 3 is 2.32 bits per heavy atom. The van der Waals surface area contributed by atoms with Crippen LogP contribution in [0.25, 0.3) is 5.69 Å². The lowest BCUT2D eigenvalue weighted by atomic mass is 10.1. The van der Waals surface area contributed by atoms with Crippen LogP contribution in [0.5, 0.6) is 0 Å². The molecule has 1 aromatic heterocycles. The van der Waals surface area contributed by atoms with E-state index in [1.165, 1.54) is 5.69 Å². The van der Waals surface area contributed by atoms with Crippen molar-refractivity contribution in [2.75, 3.05) is 48.8 Å². The number of rotatable bonds is 7. The molecule has 2 N–H and O–H groups in total. The van der Waals surface area contributed by atoms with Crippen molar-refractivity contribution in [1.82, 2.24) is 14.7 Å². The van der Waals surface area contributed by atoms with E-state index < -0.39 is 0 Å². The van der Waals surface area contributed by atoms with Crippen LogP contribution in [0.1, 0.15) is 15.9 Å². The van der Waals surface area contributed by atoms with Crippen LogP contribution < -0.4 is 15.5 Å². The zero-order valence-corrected chi connectivity index (χ0v) is 20.8. The second-order valence-electron chi connectivity index (χ2n) is 9.23. The molecule has 2 amide bonds. The fourth-order valence-corrected chi connectivity index (χ4v) is 4.33. The Balaban J connectivity index is 1.20. The van der Waals surface area contributed by atoms with Gasteiger partial charge in [0.25, 0.3) is 5.91 Å². The summed E-state index contributed by atoms with van der Waals surface area (Å²) in [6.45, 7) is 4.10. The minimum Gasteiger partial charge on any atom is -0.369 e. The first-order valence-electron chi connectivity index (χ1n) is 12.4. The molecule has 8 nitrogen and oxygen atoms in total. The number of carbonyl (C=O) groups is 2. The van der Waals surface area contributed by atoms with Gasteiger partial charge in [0.2, 0.25) is 5.91 Å². The summed E-state index contributed by atoms with van der Waals surface area (Å²) >= 11 is 0. The molecule has 0 unspecified atom stereocenters. The first kappa shape index (κ1) is 24.3. The molecule has 1 aliphatic rings. The summed E-state index contributed by atoms with van der Waals surface area (Å²) in [6.07, 6.45) is 3.62. The molecule has 3 aromatic carbocycles. The van der Waals surface area contributed by atoms with Crippen molar-refractivity contribution in [3.8, 4) is 5.69 Å². The van der Waals surface area contributed by atoms with E-state index in [2.05, 4.69) is 44.7 Å². The van der Waals surface area contributed by atoms with Crippen LogP contribution in [-0.2, 0) is 11.2 Å². The molecule has 37 heavy (non-hydrogen) atoms. The minimum absolute atomic E-state index is 0.113. The lowest BCUT2D eigenvalue weighted by molar-refractivity contribution is -0.115. The van der Waals surface area contributed by atoms with Crippen LogP contribution in [0, 0.1) is 0 Å². The molecule has 4 aromatic rings. The number of likely N-dealkylation sites (N-methyl/N-ethyl adjacent to an activating group) is 1. The van der Waals surface area contributed by atoms with E-state index in [4.69, 9.17) is 0 Å². The summed E-state index contributed by atoms with van der Waals surface area (Å²) in [5.41, 5.74) is 4.69. The van der Waals surface area contributed by atoms with E-state index in [1.54, 1.807) is 29.2 Å². The third-order valence-electron chi connectivity index (χ3n) is 6.44. The van der Waals surface area contributed by atoms with Crippen molar-refractivity contribution in [3.05, 3.63) is 102 Å². The topological polar surface area (TPSA) is 82.5 Å². The number of amides is 2.